The van der Waals surface area contributed by atoms with Gasteiger partial charge in [0.05, 0.1) is 13.2 Å². The quantitative estimate of drug-likeness (QED) is 0.647. The number of hydrogen-bond acceptors (Lipinski definition) is 4. The molecule has 3 N–H and O–H groups in total. The maximum Gasteiger partial charge on any atom is 0.237 e. The Bertz CT molecular complexity index is 229. The Hall–Kier alpha value is -0.650. The fourth-order valence-electron chi connectivity index (χ4n) is 2.18. The summed E-state index contributed by atoms with van der Waals surface area (Å²) < 4.78 is 5.21. The number of rotatable bonds is 2. The summed E-state index contributed by atoms with van der Waals surface area (Å²) in [6.45, 7) is 2.96. The minimum atomic E-state index is 0.114. The topological polar surface area (TPSA) is 67.6 Å². The van der Waals surface area contributed by atoms with Crippen molar-refractivity contribution in [3.63, 3.8) is 0 Å². The van der Waals surface area contributed by atoms with Crippen molar-refractivity contribution in [3.05, 3.63) is 0 Å². The molecule has 2 fully saturated rings. The second kappa shape index (κ2) is 4.92. The molecule has 5 heteroatoms. The van der Waals surface area contributed by atoms with E-state index in [1.165, 1.54) is 0 Å². The first-order valence-corrected chi connectivity index (χ1v) is 5.64. The Labute approximate surface area is 89.9 Å². The van der Waals surface area contributed by atoms with E-state index >= 15 is 0 Å². The zero-order valence-corrected chi connectivity index (χ0v) is 8.95. The molecule has 0 aromatic rings. The highest BCUT2D eigenvalue weighted by atomic mass is 16.5. The Morgan fingerprint density at radius 1 is 1.33 bits per heavy atom. The zero-order chi connectivity index (χ0) is 10.7. The molecule has 0 radical (unpaired) electrons. The molecule has 0 spiro atoms. The van der Waals surface area contributed by atoms with E-state index in [1.54, 1.807) is 0 Å². The van der Waals surface area contributed by atoms with Crippen LogP contribution in [0.2, 0.25) is 0 Å². The van der Waals surface area contributed by atoms with Crippen molar-refractivity contribution in [2.75, 3.05) is 26.3 Å². The van der Waals surface area contributed by atoms with Gasteiger partial charge < -0.3 is 10.5 Å². The summed E-state index contributed by atoms with van der Waals surface area (Å²) >= 11 is 0. The SMILES string of the molecule is NC1CCC(C(=O)NN2CCOCC2)C1. The number of nitrogens with zero attached hydrogens (tertiary/aromatic N) is 1. The number of carbonyl (C=O) groups is 1. The number of amides is 1. The molecule has 0 bridgehead atoms. The van der Waals surface area contributed by atoms with Gasteiger partial charge in [0.1, 0.15) is 0 Å². The van der Waals surface area contributed by atoms with E-state index in [2.05, 4.69) is 5.43 Å². The second-order valence-electron chi connectivity index (χ2n) is 4.35. The lowest BCUT2D eigenvalue weighted by molar-refractivity contribution is -0.131. The van der Waals surface area contributed by atoms with Gasteiger partial charge in [0, 0.05) is 25.0 Å². The average molecular weight is 213 g/mol. The normalized spacial score (nSPS) is 32.9. The Morgan fingerprint density at radius 3 is 2.67 bits per heavy atom. The van der Waals surface area contributed by atoms with E-state index in [-0.39, 0.29) is 17.9 Å². The number of morpholine rings is 1. The highest BCUT2D eigenvalue weighted by Gasteiger charge is 2.28. The van der Waals surface area contributed by atoms with Crippen LogP contribution in [0.15, 0.2) is 0 Å². The summed E-state index contributed by atoms with van der Waals surface area (Å²) in [6, 6.07) is 0.213. The standard InChI is InChI=1S/C10H19N3O2/c11-9-2-1-8(7-9)10(14)12-13-3-5-15-6-4-13/h8-9H,1-7,11H2,(H,12,14). The summed E-state index contributed by atoms with van der Waals surface area (Å²) in [5.74, 6) is 0.243. The molecule has 2 unspecified atom stereocenters. The Balaban J connectivity index is 1.76. The predicted octanol–water partition coefficient (Wildman–Crippen LogP) is -0.523. The van der Waals surface area contributed by atoms with Crippen LogP contribution in [0.1, 0.15) is 19.3 Å². The summed E-state index contributed by atoms with van der Waals surface area (Å²) in [5, 5.41) is 1.94. The fourth-order valence-corrected chi connectivity index (χ4v) is 2.18. The van der Waals surface area contributed by atoms with Crippen LogP contribution in [-0.4, -0.2) is 43.3 Å². The maximum absolute atomic E-state index is 11.8. The van der Waals surface area contributed by atoms with Gasteiger partial charge in [-0.2, -0.15) is 0 Å². The monoisotopic (exact) mass is 213 g/mol. The molecule has 1 saturated carbocycles. The molecule has 2 rings (SSSR count). The van der Waals surface area contributed by atoms with Crippen LogP contribution < -0.4 is 11.2 Å². The smallest absolute Gasteiger partial charge is 0.237 e. The molecule has 1 aliphatic heterocycles. The van der Waals surface area contributed by atoms with Crippen LogP contribution in [0.5, 0.6) is 0 Å². The van der Waals surface area contributed by atoms with Gasteiger partial charge in [-0.15, -0.1) is 0 Å². The summed E-state index contributed by atoms with van der Waals surface area (Å²) in [5.41, 5.74) is 8.72. The second-order valence-corrected chi connectivity index (χ2v) is 4.35. The number of carbonyl (C=O) groups excluding carboxylic acids is 1. The average Bonchev–Trinajstić information content (AvgIpc) is 2.66. The van der Waals surface area contributed by atoms with E-state index in [0.717, 1.165) is 32.4 Å². The van der Waals surface area contributed by atoms with Gasteiger partial charge in [-0.25, -0.2) is 5.01 Å². The molecule has 1 aliphatic carbocycles. The maximum atomic E-state index is 11.8. The van der Waals surface area contributed by atoms with E-state index in [0.29, 0.717) is 13.2 Å². The van der Waals surface area contributed by atoms with Crippen molar-refractivity contribution in [2.45, 2.75) is 25.3 Å². The van der Waals surface area contributed by atoms with Gasteiger partial charge in [-0.05, 0) is 19.3 Å². The minimum Gasteiger partial charge on any atom is -0.379 e. The summed E-state index contributed by atoms with van der Waals surface area (Å²) in [7, 11) is 0. The van der Waals surface area contributed by atoms with E-state index in [9.17, 15) is 4.79 Å². The van der Waals surface area contributed by atoms with Crippen molar-refractivity contribution in [1.29, 1.82) is 0 Å². The third-order valence-corrected chi connectivity index (χ3v) is 3.12. The molecule has 1 heterocycles. The molecule has 1 amide bonds. The number of nitrogens with one attached hydrogen (secondary N) is 1. The first kappa shape index (κ1) is 10.9. The molecule has 5 nitrogen and oxygen atoms in total. The first-order chi connectivity index (χ1) is 7.25. The number of ether oxygens (including phenoxy) is 1. The van der Waals surface area contributed by atoms with E-state index in [4.69, 9.17) is 10.5 Å². The lowest BCUT2D eigenvalue weighted by Crippen LogP contribution is -2.50. The molecule has 0 aromatic heterocycles. The Morgan fingerprint density at radius 2 is 2.07 bits per heavy atom. The highest BCUT2D eigenvalue weighted by Crippen LogP contribution is 2.24. The molecule has 2 aliphatic rings. The van der Waals surface area contributed by atoms with Gasteiger partial charge in [0.2, 0.25) is 5.91 Å². The predicted molar refractivity (Wildman–Crippen MR) is 55.9 cm³/mol. The van der Waals surface area contributed by atoms with Crippen LogP contribution in [-0.2, 0) is 9.53 Å². The van der Waals surface area contributed by atoms with Crippen molar-refractivity contribution >= 4 is 5.91 Å². The van der Waals surface area contributed by atoms with Crippen molar-refractivity contribution in [1.82, 2.24) is 10.4 Å². The third kappa shape index (κ3) is 2.90. The van der Waals surface area contributed by atoms with E-state index < -0.39 is 0 Å². The molecule has 1 saturated heterocycles. The van der Waals surface area contributed by atoms with Crippen molar-refractivity contribution in [3.8, 4) is 0 Å². The molecule has 15 heavy (non-hydrogen) atoms. The van der Waals surface area contributed by atoms with Gasteiger partial charge in [0.25, 0.3) is 0 Å². The first-order valence-electron chi connectivity index (χ1n) is 5.64. The fraction of sp³-hybridized carbons (Fsp3) is 0.900. The zero-order valence-electron chi connectivity index (χ0n) is 8.95. The molecular formula is C10H19N3O2. The van der Waals surface area contributed by atoms with Crippen LogP contribution in [0.4, 0.5) is 0 Å². The summed E-state index contributed by atoms with van der Waals surface area (Å²) in [4.78, 5) is 11.8. The molecule has 0 aromatic carbocycles. The molecule has 86 valence electrons. The van der Waals surface area contributed by atoms with Crippen molar-refractivity contribution in [2.24, 2.45) is 11.7 Å². The van der Waals surface area contributed by atoms with Crippen LogP contribution >= 0.6 is 0 Å². The van der Waals surface area contributed by atoms with E-state index in [1.807, 2.05) is 5.01 Å². The lowest BCUT2D eigenvalue weighted by atomic mass is 10.1. The highest BCUT2D eigenvalue weighted by molar-refractivity contribution is 5.78. The number of hydrazine groups is 1. The minimum absolute atomic E-state index is 0.114. The Kier molecular flexibility index (Phi) is 3.56. The third-order valence-electron chi connectivity index (χ3n) is 3.12. The van der Waals surface area contributed by atoms with Crippen molar-refractivity contribution < 1.29 is 9.53 Å². The number of hydrogen-bond donors (Lipinski definition) is 2. The van der Waals surface area contributed by atoms with Gasteiger partial charge in [-0.3, -0.25) is 10.2 Å². The van der Waals surface area contributed by atoms with Crippen LogP contribution in [0.25, 0.3) is 0 Å². The largest absolute Gasteiger partial charge is 0.379 e. The van der Waals surface area contributed by atoms with Gasteiger partial charge in [0.15, 0.2) is 0 Å². The number of nitrogens with two attached hydrogens (primary N) is 1. The lowest BCUT2D eigenvalue weighted by Gasteiger charge is -2.28. The van der Waals surface area contributed by atoms with Gasteiger partial charge in [-0.1, -0.05) is 0 Å². The molecule has 2 atom stereocenters. The van der Waals surface area contributed by atoms with Crippen LogP contribution in [0, 0.1) is 5.92 Å². The summed E-state index contributed by atoms with van der Waals surface area (Å²) in [6.07, 6.45) is 2.73. The van der Waals surface area contributed by atoms with Crippen LogP contribution in [0.3, 0.4) is 0 Å². The molecular weight excluding hydrogens is 194 g/mol. The van der Waals surface area contributed by atoms with Gasteiger partial charge >= 0.3 is 0 Å².